The SMILES string of the molecule is CC(C)(C#N)CCCN1CCC[C@H]1[C@@H](O)C(F)(F)F. The molecule has 0 aromatic rings. The zero-order valence-electron chi connectivity index (χ0n) is 11.4. The number of nitriles is 1. The summed E-state index contributed by atoms with van der Waals surface area (Å²) >= 11 is 0. The minimum Gasteiger partial charge on any atom is -0.382 e. The summed E-state index contributed by atoms with van der Waals surface area (Å²) in [6.45, 7) is 4.73. The average Bonchev–Trinajstić information content (AvgIpc) is 2.75. The first-order valence-corrected chi connectivity index (χ1v) is 6.57. The Labute approximate surface area is 112 Å². The predicted octanol–water partition coefficient (Wildman–Crippen LogP) is 2.70. The average molecular weight is 278 g/mol. The van der Waals surface area contributed by atoms with Crippen molar-refractivity contribution in [3.63, 3.8) is 0 Å². The Kier molecular flexibility index (Phi) is 5.22. The van der Waals surface area contributed by atoms with Gasteiger partial charge in [-0.2, -0.15) is 18.4 Å². The molecule has 0 amide bonds. The summed E-state index contributed by atoms with van der Waals surface area (Å²) in [5.41, 5.74) is -0.447. The Morgan fingerprint density at radius 3 is 2.58 bits per heavy atom. The highest BCUT2D eigenvalue weighted by atomic mass is 19.4. The summed E-state index contributed by atoms with van der Waals surface area (Å²) in [5, 5.41) is 18.2. The monoisotopic (exact) mass is 278 g/mol. The molecule has 0 saturated carbocycles. The second kappa shape index (κ2) is 6.10. The maximum absolute atomic E-state index is 12.5. The van der Waals surface area contributed by atoms with Gasteiger partial charge in [0.15, 0.2) is 6.10 Å². The summed E-state index contributed by atoms with van der Waals surface area (Å²) in [6.07, 6.45) is -4.45. The fourth-order valence-corrected chi connectivity index (χ4v) is 2.49. The number of likely N-dealkylation sites (tertiary alicyclic amines) is 1. The van der Waals surface area contributed by atoms with E-state index >= 15 is 0 Å². The van der Waals surface area contributed by atoms with Gasteiger partial charge < -0.3 is 5.11 Å². The number of rotatable bonds is 5. The van der Waals surface area contributed by atoms with Gasteiger partial charge in [0.05, 0.1) is 11.5 Å². The first-order chi connectivity index (χ1) is 8.67. The third-order valence-corrected chi connectivity index (χ3v) is 3.66. The van der Waals surface area contributed by atoms with Crippen LogP contribution < -0.4 is 0 Å². The van der Waals surface area contributed by atoms with E-state index in [0.29, 0.717) is 38.8 Å². The van der Waals surface area contributed by atoms with Crippen LogP contribution in [0.1, 0.15) is 39.5 Å². The topological polar surface area (TPSA) is 47.3 Å². The van der Waals surface area contributed by atoms with E-state index in [0.717, 1.165) is 0 Å². The van der Waals surface area contributed by atoms with E-state index in [1.807, 2.05) is 13.8 Å². The van der Waals surface area contributed by atoms with Crippen LogP contribution in [0.4, 0.5) is 13.2 Å². The maximum Gasteiger partial charge on any atom is 0.415 e. The molecule has 6 heteroatoms. The number of aliphatic hydroxyl groups is 1. The summed E-state index contributed by atoms with van der Waals surface area (Å²) in [7, 11) is 0. The van der Waals surface area contributed by atoms with Crippen LogP contribution in [0.2, 0.25) is 0 Å². The molecule has 19 heavy (non-hydrogen) atoms. The van der Waals surface area contributed by atoms with Crippen molar-refractivity contribution < 1.29 is 18.3 Å². The predicted molar refractivity (Wildman–Crippen MR) is 65.3 cm³/mol. The van der Waals surface area contributed by atoms with Gasteiger partial charge in [-0.15, -0.1) is 0 Å². The maximum atomic E-state index is 12.5. The van der Waals surface area contributed by atoms with Gasteiger partial charge in [-0.3, -0.25) is 4.90 Å². The van der Waals surface area contributed by atoms with Crippen molar-refractivity contribution in [2.24, 2.45) is 5.41 Å². The lowest BCUT2D eigenvalue weighted by molar-refractivity contribution is -0.219. The van der Waals surface area contributed by atoms with E-state index < -0.39 is 23.7 Å². The highest BCUT2D eigenvalue weighted by Gasteiger charge is 2.46. The summed E-state index contributed by atoms with van der Waals surface area (Å²) in [4.78, 5) is 1.70. The number of alkyl halides is 3. The smallest absolute Gasteiger partial charge is 0.382 e. The summed E-state index contributed by atoms with van der Waals surface area (Å²) in [6, 6.07) is 1.35. The molecule has 1 saturated heterocycles. The summed E-state index contributed by atoms with van der Waals surface area (Å²) in [5.74, 6) is 0. The van der Waals surface area contributed by atoms with Crippen LogP contribution in [0.15, 0.2) is 0 Å². The highest BCUT2D eigenvalue weighted by Crippen LogP contribution is 2.31. The van der Waals surface area contributed by atoms with E-state index in [4.69, 9.17) is 5.26 Å². The van der Waals surface area contributed by atoms with Crippen LogP contribution >= 0.6 is 0 Å². The van der Waals surface area contributed by atoms with Gasteiger partial charge in [-0.25, -0.2) is 0 Å². The minimum absolute atomic E-state index is 0.377. The molecule has 0 aromatic carbocycles. The molecule has 0 aromatic heterocycles. The van der Waals surface area contributed by atoms with Crippen molar-refractivity contribution >= 4 is 0 Å². The first-order valence-electron chi connectivity index (χ1n) is 6.57. The van der Waals surface area contributed by atoms with Crippen molar-refractivity contribution in [1.29, 1.82) is 5.26 Å². The molecule has 110 valence electrons. The number of nitrogens with zero attached hydrogens (tertiary/aromatic N) is 2. The molecule has 1 N–H and O–H groups in total. The van der Waals surface area contributed by atoms with Gasteiger partial charge in [0.25, 0.3) is 0 Å². The van der Waals surface area contributed by atoms with Crippen LogP contribution in [0, 0.1) is 16.7 Å². The molecule has 0 unspecified atom stereocenters. The second-order valence-electron chi connectivity index (χ2n) is 5.83. The number of hydrogen-bond acceptors (Lipinski definition) is 3. The molecular weight excluding hydrogens is 257 g/mol. The van der Waals surface area contributed by atoms with Crippen LogP contribution in [0.25, 0.3) is 0 Å². The largest absolute Gasteiger partial charge is 0.415 e. The number of halogens is 3. The molecule has 0 radical (unpaired) electrons. The van der Waals surface area contributed by atoms with Crippen molar-refractivity contribution in [1.82, 2.24) is 4.90 Å². The van der Waals surface area contributed by atoms with E-state index in [-0.39, 0.29) is 0 Å². The van der Waals surface area contributed by atoms with Crippen molar-refractivity contribution in [2.75, 3.05) is 13.1 Å². The molecule has 0 aliphatic carbocycles. The quantitative estimate of drug-likeness (QED) is 0.841. The molecule has 1 heterocycles. The number of aliphatic hydroxyl groups excluding tert-OH is 1. The lowest BCUT2D eigenvalue weighted by atomic mass is 9.90. The molecule has 1 aliphatic heterocycles. The van der Waals surface area contributed by atoms with Crippen molar-refractivity contribution in [3.8, 4) is 6.07 Å². The van der Waals surface area contributed by atoms with Crippen molar-refractivity contribution in [2.45, 2.75) is 57.9 Å². The normalized spacial score (nSPS) is 23.3. The molecule has 1 fully saturated rings. The zero-order chi connectivity index (χ0) is 14.7. The van der Waals surface area contributed by atoms with Crippen LogP contribution in [-0.4, -0.2) is 41.4 Å². The van der Waals surface area contributed by atoms with Crippen LogP contribution in [0.5, 0.6) is 0 Å². The van der Waals surface area contributed by atoms with Gasteiger partial charge in [0.2, 0.25) is 0 Å². The van der Waals surface area contributed by atoms with Gasteiger partial charge in [-0.05, 0) is 52.6 Å². The lowest BCUT2D eigenvalue weighted by Gasteiger charge is -2.30. The van der Waals surface area contributed by atoms with E-state index in [1.165, 1.54) is 0 Å². The molecule has 2 atom stereocenters. The third kappa shape index (κ3) is 4.66. The Morgan fingerprint density at radius 1 is 1.42 bits per heavy atom. The Morgan fingerprint density at radius 2 is 2.05 bits per heavy atom. The number of hydrogen-bond donors (Lipinski definition) is 1. The minimum atomic E-state index is -4.56. The van der Waals surface area contributed by atoms with E-state index in [2.05, 4.69) is 6.07 Å². The second-order valence-corrected chi connectivity index (χ2v) is 5.83. The zero-order valence-corrected chi connectivity index (χ0v) is 11.4. The highest BCUT2D eigenvalue weighted by molar-refractivity contribution is 4.92. The fraction of sp³-hybridized carbons (Fsp3) is 0.923. The standard InChI is InChI=1S/C13H21F3N2O/c1-12(2,9-17)6-4-8-18-7-3-5-10(18)11(19)13(14,15)16/h10-11,19H,3-8H2,1-2H3/t10-,11+/m0/s1. The van der Waals surface area contributed by atoms with Crippen LogP contribution in [-0.2, 0) is 0 Å². The molecule has 1 rings (SSSR count). The first kappa shape index (κ1) is 16.3. The van der Waals surface area contributed by atoms with Gasteiger partial charge >= 0.3 is 6.18 Å². The van der Waals surface area contributed by atoms with Crippen molar-refractivity contribution in [3.05, 3.63) is 0 Å². The molecular formula is C13H21F3N2O. The Hall–Kier alpha value is -0.800. The Bertz CT molecular complexity index is 336. The third-order valence-electron chi connectivity index (χ3n) is 3.66. The molecule has 0 bridgehead atoms. The van der Waals surface area contributed by atoms with E-state index in [9.17, 15) is 18.3 Å². The van der Waals surface area contributed by atoms with Gasteiger partial charge in [0, 0.05) is 6.04 Å². The van der Waals surface area contributed by atoms with E-state index in [1.54, 1.807) is 4.90 Å². The molecule has 0 spiro atoms. The summed E-state index contributed by atoms with van der Waals surface area (Å²) < 4.78 is 37.6. The molecule has 1 aliphatic rings. The van der Waals surface area contributed by atoms with Gasteiger partial charge in [0.1, 0.15) is 0 Å². The fourth-order valence-electron chi connectivity index (χ4n) is 2.49. The Balaban J connectivity index is 2.48. The van der Waals surface area contributed by atoms with Gasteiger partial charge in [-0.1, -0.05) is 0 Å². The lowest BCUT2D eigenvalue weighted by Crippen LogP contribution is -2.47. The molecule has 3 nitrogen and oxygen atoms in total. The van der Waals surface area contributed by atoms with Crippen LogP contribution in [0.3, 0.4) is 0 Å².